The number of carbonyl (C=O) groups excluding carboxylic acids is 1. The standard InChI is InChI=1S/C26H32N4O2/c1-3-4-10-23(31)26(32)27-20-13-15-30(16-14-20)25-21-12-11-18(2)17-22(21)28-24(29-25)19-8-6-5-7-9-19/h5-9,11-12,17,20,23,31H,3-4,10,13-16H2,1-2H3,(H,27,32). The Bertz CT molecular complexity index is 1060. The summed E-state index contributed by atoms with van der Waals surface area (Å²) in [6.45, 7) is 5.72. The number of anilines is 1. The fourth-order valence-electron chi connectivity index (χ4n) is 4.24. The smallest absolute Gasteiger partial charge is 0.249 e. The van der Waals surface area contributed by atoms with E-state index in [0.29, 0.717) is 6.42 Å². The second kappa shape index (κ2) is 10.1. The van der Waals surface area contributed by atoms with Crippen molar-refractivity contribution >= 4 is 22.6 Å². The Morgan fingerprint density at radius 2 is 1.91 bits per heavy atom. The van der Waals surface area contributed by atoms with Gasteiger partial charge in [-0.2, -0.15) is 0 Å². The fourth-order valence-corrected chi connectivity index (χ4v) is 4.24. The lowest BCUT2D eigenvalue weighted by Crippen LogP contribution is -2.47. The van der Waals surface area contributed by atoms with Crippen molar-refractivity contribution in [2.75, 3.05) is 18.0 Å². The first-order valence-electron chi connectivity index (χ1n) is 11.6. The van der Waals surface area contributed by atoms with Crippen LogP contribution in [0.15, 0.2) is 48.5 Å². The molecule has 0 aliphatic carbocycles. The number of aliphatic hydroxyl groups excluding tert-OH is 1. The molecule has 4 rings (SSSR count). The van der Waals surface area contributed by atoms with Gasteiger partial charge in [0.25, 0.3) is 0 Å². The molecule has 1 aliphatic heterocycles. The lowest BCUT2D eigenvalue weighted by atomic mass is 10.0. The molecule has 6 heteroatoms. The molecule has 2 N–H and O–H groups in total. The maximum Gasteiger partial charge on any atom is 0.249 e. The molecule has 1 amide bonds. The Balaban J connectivity index is 1.52. The Morgan fingerprint density at radius 1 is 1.16 bits per heavy atom. The maximum atomic E-state index is 12.3. The summed E-state index contributed by atoms with van der Waals surface area (Å²) >= 11 is 0. The minimum Gasteiger partial charge on any atom is -0.383 e. The number of nitrogens with one attached hydrogen (secondary N) is 1. The molecule has 0 spiro atoms. The second-order valence-corrected chi connectivity index (χ2v) is 8.69. The van der Waals surface area contributed by atoms with E-state index in [1.807, 2.05) is 30.3 Å². The predicted molar refractivity (Wildman–Crippen MR) is 129 cm³/mol. The SMILES string of the molecule is CCCCC(O)C(=O)NC1CCN(c2nc(-c3ccccc3)nc3cc(C)ccc23)CC1. The van der Waals surface area contributed by atoms with Gasteiger partial charge < -0.3 is 15.3 Å². The number of unbranched alkanes of at least 4 members (excludes halogenated alkanes) is 1. The summed E-state index contributed by atoms with van der Waals surface area (Å²) in [5.41, 5.74) is 3.12. The largest absolute Gasteiger partial charge is 0.383 e. The molecule has 1 aliphatic rings. The normalized spacial score (nSPS) is 15.7. The average molecular weight is 433 g/mol. The number of aliphatic hydroxyl groups is 1. The van der Waals surface area contributed by atoms with Crippen LogP contribution in [0.4, 0.5) is 5.82 Å². The lowest BCUT2D eigenvalue weighted by Gasteiger charge is -2.34. The van der Waals surface area contributed by atoms with Crippen LogP contribution in [0.3, 0.4) is 0 Å². The number of aromatic nitrogens is 2. The summed E-state index contributed by atoms with van der Waals surface area (Å²) < 4.78 is 0. The minimum atomic E-state index is -0.907. The van der Waals surface area contributed by atoms with E-state index >= 15 is 0 Å². The molecule has 1 fully saturated rings. The quantitative estimate of drug-likeness (QED) is 0.584. The Hall–Kier alpha value is -2.99. The van der Waals surface area contributed by atoms with E-state index in [1.165, 1.54) is 5.56 Å². The van der Waals surface area contributed by atoms with Gasteiger partial charge in [0.2, 0.25) is 5.91 Å². The first-order valence-corrected chi connectivity index (χ1v) is 11.6. The Morgan fingerprint density at radius 3 is 2.62 bits per heavy atom. The second-order valence-electron chi connectivity index (χ2n) is 8.69. The topological polar surface area (TPSA) is 78.4 Å². The fraction of sp³-hybridized carbons (Fsp3) is 0.423. The molecule has 1 unspecified atom stereocenters. The minimum absolute atomic E-state index is 0.0824. The average Bonchev–Trinajstić information content (AvgIpc) is 2.82. The summed E-state index contributed by atoms with van der Waals surface area (Å²) in [6, 6.07) is 16.5. The van der Waals surface area contributed by atoms with Crippen LogP contribution in [-0.2, 0) is 4.79 Å². The number of nitrogens with zero attached hydrogens (tertiary/aromatic N) is 3. The van der Waals surface area contributed by atoms with Crippen molar-refractivity contribution < 1.29 is 9.90 Å². The van der Waals surface area contributed by atoms with Crippen molar-refractivity contribution in [1.82, 2.24) is 15.3 Å². The van der Waals surface area contributed by atoms with Crippen LogP contribution < -0.4 is 10.2 Å². The molecule has 0 radical (unpaired) electrons. The number of hydrogen-bond donors (Lipinski definition) is 2. The predicted octanol–water partition coefficient (Wildman–Crippen LogP) is 4.24. The third kappa shape index (κ3) is 5.07. The molecule has 0 saturated carbocycles. The maximum absolute atomic E-state index is 12.3. The van der Waals surface area contributed by atoms with Crippen LogP contribution >= 0.6 is 0 Å². The number of amides is 1. The molecule has 0 bridgehead atoms. The zero-order valence-electron chi connectivity index (χ0n) is 18.9. The van der Waals surface area contributed by atoms with Crippen molar-refractivity contribution in [3.05, 3.63) is 54.1 Å². The van der Waals surface area contributed by atoms with E-state index in [4.69, 9.17) is 9.97 Å². The van der Waals surface area contributed by atoms with Gasteiger partial charge in [-0.3, -0.25) is 4.79 Å². The highest BCUT2D eigenvalue weighted by atomic mass is 16.3. The van der Waals surface area contributed by atoms with Gasteiger partial charge in [0.15, 0.2) is 5.82 Å². The van der Waals surface area contributed by atoms with Crippen LogP contribution in [-0.4, -0.2) is 46.2 Å². The van der Waals surface area contributed by atoms with Crippen molar-refractivity contribution in [2.24, 2.45) is 0 Å². The molecular formula is C26H32N4O2. The van der Waals surface area contributed by atoms with E-state index in [0.717, 1.165) is 66.9 Å². The van der Waals surface area contributed by atoms with Crippen molar-refractivity contribution in [3.63, 3.8) is 0 Å². The number of fused-ring (bicyclic) bond motifs is 1. The number of benzene rings is 2. The highest BCUT2D eigenvalue weighted by Gasteiger charge is 2.25. The Kier molecular flexibility index (Phi) is 7.00. The molecule has 6 nitrogen and oxygen atoms in total. The molecule has 3 aromatic rings. The number of carbonyl (C=O) groups is 1. The molecule has 1 aromatic heterocycles. The van der Waals surface area contributed by atoms with E-state index in [9.17, 15) is 9.90 Å². The number of aryl methyl sites for hydroxylation is 1. The molecule has 32 heavy (non-hydrogen) atoms. The summed E-state index contributed by atoms with van der Waals surface area (Å²) in [4.78, 5) is 24.4. The molecular weight excluding hydrogens is 400 g/mol. The number of rotatable bonds is 7. The van der Waals surface area contributed by atoms with Gasteiger partial charge in [-0.25, -0.2) is 9.97 Å². The summed E-state index contributed by atoms with van der Waals surface area (Å²) in [5.74, 6) is 1.43. The van der Waals surface area contributed by atoms with Gasteiger partial charge in [0.1, 0.15) is 11.9 Å². The van der Waals surface area contributed by atoms with E-state index in [-0.39, 0.29) is 11.9 Å². The molecule has 1 saturated heterocycles. The first-order chi connectivity index (χ1) is 15.5. The van der Waals surface area contributed by atoms with Gasteiger partial charge in [-0.05, 0) is 43.9 Å². The van der Waals surface area contributed by atoms with Gasteiger partial charge in [-0.15, -0.1) is 0 Å². The van der Waals surface area contributed by atoms with Crippen molar-refractivity contribution in [2.45, 2.75) is 58.1 Å². The van der Waals surface area contributed by atoms with Crippen LogP contribution in [0.1, 0.15) is 44.6 Å². The van der Waals surface area contributed by atoms with Crippen molar-refractivity contribution in [3.8, 4) is 11.4 Å². The van der Waals surface area contributed by atoms with Gasteiger partial charge in [0.05, 0.1) is 5.52 Å². The van der Waals surface area contributed by atoms with Crippen LogP contribution in [0.5, 0.6) is 0 Å². The molecule has 168 valence electrons. The zero-order valence-corrected chi connectivity index (χ0v) is 18.9. The van der Waals surface area contributed by atoms with Crippen LogP contribution in [0.2, 0.25) is 0 Å². The molecule has 2 heterocycles. The highest BCUT2D eigenvalue weighted by molar-refractivity contribution is 5.91. The first kappa shape index (κ1) is 22.2. The Labute approximate surface area is 189 Å². The lowest BCUT2D eigenvalue weighted by molar-refractivity contribution is -0.130. The van der Waals surface area contributed by atoms with Gasteiger partial charge in [-0.1, -0.05) is 56.2 Å². The summed E-state index contributed by atoms with van der Waals surface area (Å²) in [5, 5.41) is 14.1. The van der Waals surface area contributed by atoms with E-state index < -0.39 is 6.10 Å². The number of piperidine rings is 1. The van der Waals surface area contributed by atoms with Crippen LogP contribution in [0, 0.1) is 6.92 Å². The third-order valence-electron chi connectivity index (χ3n) is 6.14. The van der Waals surface area contributed by atoms with Gasteiger partial charge in [0, 0.05) is 30.1 Å². The summed E-state index contributed by atoms with van der Waals surface area (Å²) in [6.07, 6.45) is 3.09. The third-order valence-corrected chi connectivity index (χ3v) is 6.14. The highest BCUT2D eigenvalue weighted by Crippen LogP contribution is 2.30. The number of hydrogen-bond acceptors (Lipinski definition) is 5. The van der Waals surface area contributed by atoms with E-state index in [2.05, 4.69) is 42.3 Å². The van der Waals surface area contributed by atoms with Gasteiger partial charge >= 0.3 is 0 Å². The monoisotopic (exact) mass is 432 g/mol. The van der Waals surface area contributed by atoms with Crippen molar-refractivity contribution in [1.29, 1.82) is 0 Å². The molecule has 2 aromatic carbocycles. The zero-order chi connectivity index (χ0) is 22.5. The molecule has 1 atom stereocenters. The van der Waals surface area contributed by atoms with E-state index in [1.54, 1.807) is 0 Å². The van der Waals surface area contributed by atoms with Crippen LogP contribution in [0.25, 0.3) is 22.3 Å². The summed E-state index contributed by atoms with van der Waals surface area (Å²) in [7, 11) is 0.